The van der Waals surface area contributed by atoms with E-state index in [2.05, 4.69) is 10.4 Å². The highest BCUT2D eigenvalue weighted by molar-refractivity contribution is 5.92. The number of aryl methyl sites for hydroxylation is 2. The molecule has 1 aliphatic carbocycles. The zero-order valence-corrected chi connectivity index (χ0v) is 11.7. The van der Waals surface area contributed by atoms with E-state index in [0.717, 1.165) is 25.0 Å². The molecule has 2 unspecified atom stereocenters. The molecule has 1 aliphatic rings. The summed E-state index contributed by atoms with van der Waals surface area (Å²) in [6, 6.07) is 1.82. The van der Waals surface area contributed by atoms with Crippen molar-refractivity contribution in [2.45, 2.75) is 39.7 Å². The van der Waals surface area contributed by atoms with Crippen molar-refractivity contribution in [3.8, 4) is 0 Å². The Morgan fingerprint density at radius 1 is 1.53 bits per heavy atom. The van der Waals surface area contributed by atoms with E-state index >= 15 is 0 Å². The van der Waals surface area contributed by atoms with Gasteiger partial charge in [0.25, 0.3) is 5.91 Å². The van der Waals surface area contributed by atoms with Gasteiger partial charge < -0.3 is 10.4 Å². The maximum atomic E-state index is 12.2. The molecule has 19 heavy (non-hydrogen) atoms. The Hall–Kier alpha value is -1.36. The number of carbonyl (C=O) groups excluding carboxylic acids is 1. The van der Waals surface area contributed by atoms with Gasteiger partial charge in [-0.15, -0.1) is 0 Å². The summed E-state index contributed by atoms with van der Waals surface area (Å²) < 4.78 is 1.73. The molecular weight excluding hydrogens is 242 g/mol. The zero-order chi connectivity index (χ0) is 13.8. The van der Waals surface area contributed by atoms with Gasteiger partial charge in [-0.3, -0.25) is 9.48 Å². The summed E-state index contributed by atoms with van der Waals surface area (Å²) in [5.74, 6) is 0.692. The van der Waals surface area contributed by atoms with Crippen LogP contribution in [0.25, 0.3) is 0 Å². The smallest absolute Gasteiger partial charge is 0.269 e. The minimum absolute atomic E-state index is 0.0639. The molecule has 0 saturated heterocycles. The first kappa shape index (κ1) is 14.1. The van der Waals surface area contributed by atoms with Crippen LogP contribution < -0.4 is 5.32 Å². The van der Waals surface area contributed by atoms with E-state index in [9.17, 15) is 9.90 Å². The molecule has 106 valence electrons. The zero-order valence-electron chi connectivity index (χ0n) is 11.7. The lowest BCUT2D eigenvalue weighted by atomic mass is 9.97. The number of carbonyl (C=O) groups is 1. The molecule has 1 amide bonds. The van der Waals surface area contributed by atoms with Gasteiger partial charge in [0.2, 0.25) is 0 Å². The van der Waals surface area contributed by atoms with Crippen LogP contribution in [0.3, 0.4) is 0 Å². The van der Waals surface area contributed by atoms with Crippen LogP contribution in [0.5, 0.6) is 0 Å². The summed E-state index contributed by atoms with van der Waals surface area (Å²) in [6.07, 6.45) is 3.32. The molecule has 1 aromatic rings. The van der Waals surface area contributed by atoms with Crippen LogP contribution in [-0.4, -0.2) is 33.9 Å². The first-order chi connectivity index (χ1) is 9.15. The minimum atomic E-state index is -0.0639. The van der Waals surface area contributed by atoms with Gasteiger partial charge in [-0.1, -0.05) is 6.42 Å². The Labute approximate surface area is 114 Å². The van der Waals surface area contributed by atoms with Crippen molar-refractivity contribution in [1.29, 1.82) is 0 Å². The summed E-state index contributed by atoms with van der Waals surface area (Å²) in [5.41, 5.74) is 1.49. The van der Waals surface area contributed by atoms with E-state index < -0.39 is 0 Å². The van der Waals surface area contributed by atoms with Gasteiger partial charge in [0.05, 0.1) is 5.69 Å². The van der Waals surface area contributed by atoms with Crippen LogP contribution in [0.4, 0.5) is 0 Å². The van der Waals surface area contributed by atoms with Gasteiger partial charge >= 0.3 is 0 Å². The summed E-state index contributed by atoms with van der Waals surface area (Å²) in [5, 5.41) is 16.5. The Morgan fingerprint density at radius 3 is 2.95 bits per heavy atom. The molecular formula is C14H23N3O2. The third-order valence-electron chi connectivity index (χ3n) is 4.01. The number of hydrogen-bond donors (Lipinski definition) is 2. The molecule has 1 fully saturated rings. The molecule has 2 atom stereocenters. The van der Waals surface area contributed by atoms with E-state index in [1.807, 2.05) is 19.9 Å². The topological polar surface area (TPSA) is 67.2 Å². The van der Waals surface area contributed by atoms with Crippen molar-refractivity contribution in [1.82, 2.24) is 15.1 Å². The quantitative estimate of drug-likeness (QED) is 0.844. The van der Waals surface area contributed by atoms with Crippen molar-refractivity contribution in [2.24, 2.45) is 11.8 Å². The van der Waals surface area contributed by atoms with Crippen molar-refractivity contribution in [2.75, 3.05) is 13.2 Å². The van der Waals surface area contributed by atoms with Crippen LogP contribution in [0.15, 0.2) is 6.07 Å². The van der Waals surface area contributed by atoms with E-state index in [-0.39, 0.29) is 12.5 Å². The first-order valence-corrected chi connectivity index (χ1v) is 7.09. The monoisotopic (exact) mass is 265 g/mol. The van der Waals surface area contributed by atoms with Crippen molar-refractivity contribution >= 4 is 5.91 Å². The number of nitrogens with one attached hydrogen (secondary N) is 1. The predicted octanol–water partition coefficient (Wildman–Crippen LogP) is 1.35. The molecule has 0 spiro atoms. The van der Waals surface area contributed by atoms with Crippen LogP contribution in [0, 0.1) is 18.8 Å². The third kappa shape index (κ3) is 3.15. The lowest BCUT2D eigenvalue weighted by molar-refractivity contribution is 0.0927. The first-order valence-electron chi connectivity index (χ1n) is 7.09. The molecule has 0 radical (unpaired) electrons. The lowest BCUT2D eigenvalue weighted by Crippen LogP contribution is -2.33. The summed E-state index contributed by atoms with van der Waals surface area (Å²) in [7, 11) is 0. The summed E-state index contributed by atoms with van der Waals surface area (Å²) in [4.78, 5) is 12.2. The number of aromatic nitrogens is 2. The highest BCUT2D eigenvalue weighted by Crippen LogP contribution is 2.30. The average Bonchev–Trinajstić information content (AvgIpc) is 3.01. The maximum absolute atomic E-state index is 12.2. The van der Waals surface area contributed by atoms with Gasteiger partial charge in [0.15, 0.2) is 0 Å². The predicted molar refractivity (Wildman–Crippen MR) is 72.9 cm³/mol. The highest BCUT2D eigenvalue weighted by Gasteiger charge is 2.27. The molecule has 1 aromatic heterocycles. The van der Waals surface area contributed by atoms with E-state index in [0.29, 0.717) is 30.6 Å². The van der Waals surface area contributed by atoms with Crippen molar-refractivity contribution in [3.05, 3.63) is 17.5 Å². The number of rotatable bonds is 5. The number of aliphatic hydroxyl groups is 1. The standard InChI is InChI=1S/C14H23N3O2/c1-3-17-13(7-10(2)16-17)14(19)15-8-11-5-4-6-12(11)9-18/h7,11-12,18H,3-6,8-9H2,1-2H3,(H,15,19). The molecule has 1 heterocycles. The number of aliphatic hydroxyl groups excluding tert-OH is 1. The number of nitrogens with zero attached hydrogens (tertiary/aromatic N) is 2. The second-order valence-corrected chi connectivity index (χ2v) is 5.33. The maximum Gasteiger partial charge on any atom is 0.269 e. The van der Waals surface area contributed by atoms with E-state index in [1.54, 1.807) is 4.68 Å². The highest BCUT2D eigenvalue weighted by atomic mass is 16.3. The van der Waals surface area contributed by atoms with E-state index in [1.165, 1.54) is 0 Å². The Kier molecular flexibility index (Phi) is 4.58. The molecule has 2 rings (SSSR count). The minimum Gasteiger partial charge on any atom is -0.396 e. The molecule has 0 aliphatic heterocycles. The Morgan fingerprint density at radius 2 is 2.26 bits per heavy atom. The fourth-order valence-electron chi connectivity index (χ4n) is 2.91. The van der Waals surface area contributed by atoms with E-state index in [4.69, 9.17) is 0 Å². The van der Waals surface area contributed by atoms with Crippen LogP contribution >= 0.6 is 0 Å². The average molecular weight is 265 g/mol. The van der Waals surface area contributed by atoms with Gasteiger partial charge in [-0.25, -0.2) is 0 Å². The Bertz CT molecular complexity index is 442. The lowest BCUT2D eigenvalue weighted by Gasteiger charge is -2.17. The second-order valence-electron chi connectivity index (χ2n) is 5.33. The molecule has 2 N–H and O–H groups in total. The third-order valence-corrected chi connectivity index (χ3v) is 4.01. The normalized spacial score (nSPS) is 22.7. The molecule has 0 aromatic carbocycles. The Balaban J connectivity index is 1.94. The van der Waals surface area contributed by atoms with Crippen LogP contribution in [0.1, 0.15) is 42.4 Å². The summed E-state index contributed by atoms with van der Waals surface area (Å²) in [6.45, 7) is 5.44. The fraction of sp³-hybridized carbons (Fsp3) is 0.714. The summed E-state index contributed by atoms with van der Waals surface area (Å²) >= 11 is 0. The van der Waals surface area contributed by atoms with Gasteiger partial charge in [0.1, 0.15) is 5.69 Å². The van der Waals surface area contributed by atoms with Gasteiger partial charge in [-0.2, -0.15) is 5.10 Å². The van der Waals surface area contributed by atoms with Gasteiger partial charge in [-0.05, 0) is 44.6 Å². The number of hydrogen-bond acceptors (Lipinski definition) is 3. The van der Waals surface area contributed by atoms with Crippen LogP contribution in [0.2, 0.25) is 0 Å². The fourth-order valence-corrected chi connectivity index (χ4v) is 2.91. The SMILES string of the molecule is CCn1nc(C)cc1C(=O)NCC1CCCC1CO. The second kappa shape index (κ2) is 6.19. The van der Waals surface area contributed by atoms with Crippen molar-refractivity contribution < 1.29 is 9.90 Å². The molecule has 0 bridgehead atoms. The van der Waals surface area contributed by atoms with Crippen LogP contribution in [-0.2, 0) is 6.54 Å². The largest absolute Gasteiger partial charge is 0.396 e. The number of amides is 1. The molecule has 5 heteroatoms. The molecule has 1 saturated carbocycles. The molecule has 5 nitrogen and oxygen atoms in total. The van der Waals surface area contributed by atoms with Gasteiger partial charge in [0, 0.05) is 19.7 Å². The van der Waals surface area contributed by atoms with Crippen molar-refractivity contribution in [3.63, 3.8) is 0 Å².